The summed E-state index contributed by atoms with van der Waals surface area (Å²) in [5.41, 5.74) is 0. The molecule has 2 rings (SSSR count). The van der Waals surface area contributed by atoms with E-state index in [1.807, 2.05) is 4.90 Å². The van der Waals surface area contributed by atoms with Gasteiger partial charge in [0, 0.05) is 24.5 Å². The molecule has 17 heavy (non-hydrogen) atoms. The van der Waals surface area contributed by atoms with Gasteiger partial charge in [-0.15, -0.1) is 0 Å². The molecule has 4 nitrogen and oxygen atoms in total. The average Bonchev–Trinajstić information content (AvgIpc) is 2.64. The van der Waals surface area contributed by atoms with E-state index in [9.17, 15) is 4.79 Å². The highest BCUT2D eigenvalue weighted by atomic mass is 35.5. The second-order valence-electron chi connectivity index (χ2n) is 4.75. The van der Waals surface area contributed by atoms with Crippen molar-refractivity contribution in [1.82, 2.24) is 14.5 Å². The molecule has 2 heterocycles. The van der Waals surface area contributed by atoms with Crippen molar-refractivity contribution in [2.24, 2.45) is 0 Å². The summed E-state index contributed by atoms with van der Waals surface area (Å²) in [6.45, 7) is 4.51. The number of rotatable bonds is 2. The van der Waals surface area contributed by atoms with E-state index in [0.29, 0.717) is 17.4 Å². The zero-order valence-corrected chi connectivity index (χ0v) is 11.0. The van der Waals surface area contributed by atoms with E-state index in [1.165, 1.54) is 6.42 Å². The second kappa shape index (κ2) is 5.08. The molecule has 0 N–H and O–H groups in total. The number of amides is 1. The number of piperidine rings is 1. The fourth-order valence-corrected chi connectivity index (χ4v) is 2.74. The van der Waals surface area contributed by atoms with E-state index < -0.39 is 0 Å². The summed E-state index contributed by atoms with van der Waals surface area (Å²) < 4.78 is 1.68. The highest BCUT2D eigenvalue weighted by Crippen LogP contribution is 2.23. The van der Waals surface area contributed by atoms with Crippen molar-refractivity contribution in [2.45, 2.75) is 51.7 Å². The number of nitrogens with zero attached hydrogens (tertiary/aromatic N) is 3. The third-order valence-corrected chi connectivity index (χ3v) is 3.77. The van der Waals surface area contributed by atoms with E-state index in [0.717, 1.165) is 12.8 Å². The van der Waals surface area contributed by atoms with Crippen molar-refractivity contribution in [3.63, 3.8) is 0 Å². The Morgan fingerprint density at radius 3 is 2.65 bits per heavy atom. The quantitative estimate of drug-likeness (QED) is 0.814. The molecule has 1 aromatic rings. The molecule has 1 aliphatic rings. The molecule has 0 aromatic carbocycles. The highest BCUT2D eigenvalue weighted by molar-refractivity contribution is 6.28. The number of imidazole rings is 1. The average molecular weight is 256 g/mol. The molecule has 0 bridgehead atoms. The summed E-state index contributed by atoms with van der Waals surface area (Å²) in [6, 6.07) is 0.655. The molecular formula is C12H18ClN3O. The normalized spacial score (nSPS) is 25.0. The first-order chi connectivity index (χ1) is 8.09. The van der Waals surface area contributed by atoms with Crippen molar-refractivity contribution in [2.75, 3.05) is 0 Å². The summed E-state index contributed by atoms with van der Waals surface area (Å²) >= 11 is 5.88. The Balaban J connectivity index is 2.06. The van der Waals surface area contributed by atoms with Crippen molar-refractivity contribution in [3.05, 3.63) is 17.7 Å². The van der Waals surface area contributed by atoms with Gasteiger partial charge in [-0.25, -0.2) is 4.98 Å². The topological polar surface area (TPSA) is 38.1 Å². The van der Waals surface area contributed by atoms with Gasteiger partial charge in [0.05, 0.1) is 0 Å². The van der Waals surface area contributed by atoms with E-state index in [4.69, 9.17) is 11.6 Å². The molecule has 94 valence electrons. The maximum Gasteiger partial charge on any atom is 0.243 e. The van der Waals surface area contributed by atoms with Crippen molar-refractivity contribution in [3.8, 4) is 0 Å². The molecule has 1 aromatic heterocycles. The van der Waals surface area contributed by atoms with Crippen molar-refractivity contribution < 1.29 is 4.79 Å². The summed E-state index contributed by atoms with van der Waals surface area (Å²) in [6.07, 6.45) is 6.73. The zero-order valence-electron chi connectivity index (χ0n) is 10.3. The van der Waals surface area contributed by atoms with E-state index in [2.05, 4.69) is 18.8 Å². The molecule has 1 amide bonds. The molecule has 0 spiro atoms. The van der Waals surface area contributed by atoms with Gasteiger partial charge < -0.3 is 9.47 Å². The van der Waals surface area contributed by atoms with Crippen LogP contribution in [0.5, 0.6) is 0 Å². The van der Waals surface area contributed by atoms with Crippen LogP contribution in [0, 0.1) is 0 Å². The molecule has 1 fully saturated rings. The van der Waals surface area contributed by atoms with Crippen LogP contribution in [0.2, 0.25) is 5.28 Å². The number of hydrogen-bond acceptors (Lipinski definition) is 2. The van der Waals surface area contributed by atoms with Gasteiger partial charge in [0.1, 0.15) is 6.54 Å². The lowest BCUT2D eigenvalue weighted by atomic mass is 9.97. The third kappa shape index (κ3) is 2.63. The first-order valence-corrected chi connectivity index (χ1v) is 6.45. The maximum atomic E-state index is 12.3. The highest BCUT2D eigenvalue weighted by Gasteiger charge is 2.28. The van der Waals surface area contributed by atoms with Gasteiger partial charge in [0.15, 0.2) is 0 Å². The van der Waals surface area contributed by atoms with Gasteiger partial charge in [0.25, 0.3) is 0 Å². The number of carbonyl (C=O) groups is 1. The van der Waals surface area contributed by atoms with E-state index >= 15 is 0 Å². The predicted octanol–water partition coefficient (Wildman–Crippen LogP) is 2.33. The van der Waals surface area contributed by atoms with Crippen LogP contribution in [0.4, 0.5) is 0 Å². The Bertz CT molecular complexity index is 394. The smallest absolute Gasteiger partial charge is 0.243 e. The lowest BCUT2D eigenvalue weighted by Gasteiger charge is -2.39. The van der Waals surface area contributed by atoms with Crippen LogP contribution in [0.15, 0.2) is 12.4 Å². The summed E-state index contributed by atoms with van der Waals surface area (Å²) in [7, 11) is 0. The van der Waals surface area contributed by atoms with Gasteiger partial charge in [-0.1, -0.05) is 0 Å². The van der Waals surface area contributed by atoms with E-state index in [-0.39, 0.29) is 12.5 Å². The summed E-state index contributed by atoms with van der Waals surface area (Å²) in [5.74, 6) is 0.129. The minimum atomic E-state index is 0.129. The van der Waals surface area contributed by atoms with Crippen LogP contribution >= 0.6 is 11.6 Å². The Labute approximate surface area is 107 Å². The summed E-state index contributed by atoms with van der Waals surface area (Å²) in [4.78, 5) is 18.2. The lowest BCUT2D eigenvalue weighted by Crippen LogP contribution is -2.48. The molecule has 0 radical (unpaired) electrons. The number of hydrogen-bond donors (Lipinski definition) is 0. The Hall–Kier alpha value is -1.03. The van der Waals surface area contributed by atoms with Gasteiger partial charge in [0.2, 0.25) is 11.2 Å². The Kier molecular flexibility index (Phi) is 3.72. The monoisotopic (exact) mass is 255 g/mol. The first-order valence-electron chi connectivity index (χ1n) is 6.07. The van der Waals surface area contributed by atoms with Gasteiger partial charge >= 0.3 is 0 Å². The molecule has 1 aliphatic heterocycles. The van der Waals surface area contributed by atoms with Gasteiger partial charge in [-0.2, -0.15) is 0 Å². The van der Waals surface area contributed by atoms with Crippen LogP contribution in [0.3, 0.4) is 0 Å². The predicted molar refractivity (Wildman–Crippen MR) is 66.9 cm³/mol. The maximum absolute atomic E-state index is 12.3. The SMILES string of the molecule is CC1CCCC(C)N1C(=O)Cn1ccnc1Cl. The third-order valence-electron chi connectivity index (χ3n) is 3.45. The molecule has 1 saturated heterocycles. The Morgan fingerprint density at radius 2 is 2.12 bits per heavy atom. The minimum Gasteiger partial charge on any atom is -0.336 e. The second-order valence-corrected chi connectivity index (χ2v) is 5.09. The number of halogens is 1. The molecule has 5 heteroatoms. The molecule has 2 unspecified atom stereocenters. The molecule has 0 saturated carbocycles. The number of carbonyl (C=O) groups excluding carboxylic acids is 1. The van der Waals surface area contributed by atoms with Gasteiger partial charge in [-0.3, -0.25) is 4.79 Å². The van der Waals surface area contributed by atoms with Crippen molar-refractivity contribution in [1.29, 1.82) is 0 Å². The van der Waals surface area contributed by atoms with Crippen LogP contribution < -0.4 is 0 Å². The van der Waals surface area contributed by atoms with Gasteiger partial charge in [-0.05, 0) is 44.7 Å². The first kappa shape index (κ1) is 12.4. The molecule has 0 aliphatic carbocycles. The van der Waals surface area contributed by atoms with Crippen LogP contribution in [-0.2, 0) is 11.3 Å². The van der Waals surface area contributed by atoms with Crippen LogP contribution in [-0.4, -0.2) is 32.4 Å². The van der Waals surface area contributed by atoms with Crippen molar-refractivity contribution >= 4 is 17.5 Å². The minimum absolute atomic E-state index is 0.129. The summed E-state index contributed by atoms with van der Waals surface area (Å²) in [5, 5.41) is 0.371. The fourth-order valence-electron chi connectivity index (χ4n) is 2.57. The lowest BCUT2D eigenvalue weighted by molar-refractivity contribution is -0.137. The molecular weight excluding hydrogens is 238 g/mol. The standard InChI is InChI=1S/C12H18ClN3O/c1-9-4-3-5-10(2)16(9)11(17)8-15-7-6-14-12(15)13/h6-7,9-10H,3-5,8H2,1-2H3. The van der Waals surface area contributed by atoms with Crippen LogP contribution in [0.1, 0.15) is 33.1 Å². The number of likely N-dealkylation sites (tertiary alicyclic amines) is 1. The largest absolute Gasteiger partial charge is 0.336 e. The zero-order chi connectivity index (χ0) is 12.4. The van der Waals surface area contributed by atoms with E-state index in [1.54, 1.807) is 17.0 Å². The van der Waals surface area contributed by atoms with Crippen LogP contribution in [0.25, 0.3) is 0 Å². The number of aromatic nitrogens is 2. The Morgan fingerprint density at radius 1 is 1.47 bits per heavy atom. The molecule has 2 atom stereocenters. The fraction of sp³-hybridized carbons (Fsp3) is 0.667.